The maximum Gasteiger partial charge on any atom is 0.260 e. The fourth-order valence-electron chi connectivity index (χ4n) is 2.23. The van der Waals surface area contributed by atoms with Crippen LogP contribution in [-0.4, -0.2) is 38.9 Å². The van der Waals surface area contributed by atoms with E-state index in [1.165, 1.54) is 4.90 Å². The van der Waals surface area contributed by atoms with E-state index in [1.54, 1.807) is 52.1 Å². The highest BCUT2D eigenvalue weighted by atomic mass is 32.2. The maximum atomic E-state index is 12.5. The van der Waals surface area contributed by atoms with Gasteiger partial charge < -0.3 is 4.74 Å². The van der Waals surface area contributed by atoms with Crippen LogP contribution in [0.1, 0.15) is 39.2 Å². The van der Waals surface area contributed by atoms with Crippen molar-refractivity contribution in [1.29, 1.82) is 0 Å². The molecule has 1 fully saturated rings. The molecular weight excluding hydrogens is 330 g/mol. The maximum absolute atomic E-state index is 12.5. The first-order valence-corrected chi connectivity index (χ1v) is 8.86. The predicted molar refractivity (Wildman–Crippen MR) is 90.6 cm³/mol. The monoisotopic (exact) mass is 353 g/mol. The molecule has 1 aliphatic rings. The van der Waals surface area contributed by atoms with Gasteiger partial charge in [-0.05, 0) is 44.9 Å². The summed E-state index contributed by atoms with van der Waals surface area (Å²) in [5.41, 5.74) is 0.815. The van der Waals surface area contributed by atoms with Crippen LogP contribution in [0.5, 0.6) is 5.75 Å². The predicted octanol–water partition coefficient (Wildman–Crippen LogP) is 2.19. The molecule has 0 radical (unpaired) electrons. The van der Waals surface area contributed by atoms with Crippen molar-refractivity contribution in [3.63, 3.8) is 0 Å². The number of carbonyl (C=O) groups excluding carboxylic acids is 2. The quantitative estimate of drug-likeness (QED) is 0.759. The number of benzene rings is 1. The number of hydrogen-bond acceptors (Lipinski definition) is 5. The molecule has 132 valence electrons. The molecule has 1 aromatic rings. The van der Waals surface area contributed by atoms with Crippen molar-refractivity contribution in [2.75, 3.05) is 7.11 Å². The zero-order valence-corrected chi connectivity index (χ0v) is 15.2. The van der Waals surface area contributed by atoms with Gasteiger partial charge in [-0.3, -0.25) is 18.7 Å². The Kier molecular flexibility index (Phi) is 5.77. The van der Waals surface area contributed by atoms with Crippen LogP contribution in [-0.2, 0) is 31.4 Å². The normalized spacial score (nSPS) is 20.2. The average molecular weight is 353 g/mol. The lowest BCUT2D eigenvalue weighted by Crippen LogP contribution is -2.49. The lowest BCUT2D eigenvalue weighted by atomic mass is 10.1. The first kappa shape index (κ1) is 18.6. The third-order valence-corrected chi connectivity index (χ3v) is 5.07. The van der Waals surface area contributed by atoms with Gasteiger partial charge in [0.1, 0.15) is 5.75 Å². The van der Waals surface area contributed by atoms with Gasteiger partial charge in [0, 0.05) is 6.42 Å². The summed E-state index contributed by atoms with van der Waals surface area (Å²) in [6.07, 6.45) is -0.382. The van der Waals surface area contributed by atoms with Crippen LogP contribution in [0.15, 0.2) is 24.3 Å². The molecule has 0 aliphatic carbocycles. The Morgan fingerprint density at radius 3 is 2.38 bits per heavy atom. The molecule has 2 atom stereocenters. The molecule has 0 aromatic heterocycles. The third kappa shape index (κ3) is 4.42. The number of imide groups is 1. The van der Waals surface area contributed by atoms with Crippen LogP contribution in [0.25, 0.3) is 0 Å². The summed E-state index contributed by atoms with van der Waals surface area (Å²) in [6, 6.07) is 7.15. The molecule has 0 N–H and O–H groups in total. The molecule has 24 heavy (non-hydrogen) atoms. The Morgan fingerprint density at radius 1 is 1.21 bits per heavy atom. The first-order valence-electron chi connectivity index (χ1n) is 7.78. The van der Waals surface area contributed by atoms with Crippen molar-refractivity contribution < 1.29 is 22.7 Å². The number of likely N-dealkylation sites (tertiary alicyclic amines) is 1. The molecule has 1 aromatic carbocycles. The highest BCUT2D eigenvalue weighted by Gasteiger charge is 2.37. The molecule has 0 bridgehead atoms. The van der Waals surface area contributed by atoms with Crippen LogP contribution in [0.2, 0.25) is 0 Å². The number of carbonyl (C=O) groups is 2. The number of amides is 2. The number of piperidine rings is 1. The smallest absolute Gasteiger partial charge is 0.260 e. The summed E-state index contributed by atoms with van der Waals surface area (Å²) in [4.78, 5) is 25.8. The molecule has 0 spiro atoms. The Bertz CT molecular complexity index is 635. The van der Waals surface area contributed by atoms with Gasteiger partial charge in [0.05, 0.1) is 18.4 Å². The second-order valence-corrected chi connectivity index (χ2v) is 8.52. The fourth-order valence-corrected chi connectivity index (χ4v) is 2.91. The second-order valence-electron chi connectivity index (χ2n) is 6.64. The van der Waals surface area contributed by atoms with Gasteiger partial charge in [0.25, 0.3) is 5.91 Å². The molecule has 2 rings (SSSR count). The van der Waals surface area contributed by atoms with Crippen LogP contribution in [0.3, 0.4) is 0 Å². The Morgan fingerprint density at radius 2 is 1.83 bits per heavy atom. The lowest BCUT2D eigenvalue weighted by Gasteiger charge is -2.31. The Labute approximate surface area is 144 Å². The van der Waals surface area contributed by atoms with Gasteiger partial charge in [0.2, 0.25) is 5.91 Å². The standard InChI is InChI=1S/C17H23NO5S/c1-17(2,3)24(21)23-14-9-10-15(19)18(16(14)20)11-12-5-7-13(22-4)8-6-12/h5-8,14H,9-11H2,1-4H3. The van der Waals surface area contributed by atoms with E-state index in [9.17, 15) is 13.8 Å². The SMILES string of the molecule is COc1ccc(CN2C(=O)CCC(OS(=O)C(C)(C)C)C2=O)cc1. The third-order valence-electron chi connectivity index (χ3n) is 3.67. The van der Waals surface area contributed by atoms with E-state index in [4.69, 9.17) is 8.92 Å². The highest BCUT2D eigenvalue weighted by Crippen LogP contribution is 2.23. The average Bonchev–Trinajstić information content (AvgIpc) is 2.53. The van der Waals surface area contributed by atoms with Gasteiger partial charge in [-0.15, -0.1) is 0 Å². The fraction of sp³-hybridized carbons (Fsp3) is 0.529. The lowest BCUT2D eigenvalue weighted by molar-refractivity contribution is -0.154. The molecule has 2 unspecified atom stereocenters. The van der Waals surface area contributed by atoms with Crippen LogP contribution >= 0.6 is 0 Å². The molecule has 1 aliphatic heterocycles. The Balaban J connectivity index is 2.09. The summed E-state index contributed by atoms with van der Waals surface area (Å²) < 4.78 is 22.1. The van der Waals surface area contributed by atoms with E-state index in [0.717, 1.165) is 5.56 Å². The van der Waals surface area contributed by atoms with Gasteiger partial charge >= 0.3 is 0 Å². The number of ether oxygens (including phenoxy) is 1. The van der Waals surface area contributed by atoms with Crippen LogP contribution in [0, 0.1) is 0 Å². The van der Waals surface area contributed by atoms with Crippen molar-refractivity contribution >= 4 is 22.9 Å². The molecule has 1 heterocycles. The van der Waals surface area contributed by atoms with E-state index in [0.29, 0.717) is 5.75 Å². The van der Waals surface area contributed by atoms with E-state index in [-0.39, 0.29) is 25.3 Å². The van der Waals surface area contributed by atoms with Crippen molar-refractivity contribution in [3.05, 3.63) is 29.8 Å². The minimum atomic E-state index is -1.61. The van der Waals surface area contributed by atoms with Crippen molar-refractivity contribution in [1.82, 2.24) is 4.90 Å². The molecule has 6 nitrogen and oxygen atoms in total. The molecular formula is C17H23NO5S. The van der Waals surface area contributed by atoms with Gasteiger partial charge in [-0.25, -0.2) is 4.21 Å². The highest BCUT2D eigenvalue weighted by molar-refractivity contribution is 7.81. The zero-order valence-electron chi connectivity index (χ0n) is 14.4. The number of nitrogens with zero attached hydrogens (tertiary/aromatic N) is 1. The van der Waals surface area contributed by atoms with Crippen LogP contribution in [0.4, 0.5) is 0 Å². The minimum absolute atomic E-state index is 0.170. The summed E-state index contributed by atoms with van der Waals surface area (Å²) in [7, 11) is 1.57. The zero-order chi connectivity index (χ0) is 17.9. The van der Waals surface area contributed by atoms with E-state index >= 15 is 0 Å². The van der Waals surface area contributed by atoms with Gasteiger partial charge in [0.15, 0.2) is 17.2 Å². The molecule has 7 heteroatoms. The summed E-state index contributed by atoms with van der Waals surface area (Å²) in [6.45, 7) is 5.49. The molecule has 1 saturated heterocycles. The van der Waals surface area contributed by atoms with Crippen molar-refractivity contribution in [3.8, 4) is 5.75 Å². The largest absolute Gasteiger partial charge is 0.497 e. The Hall–Kier alpha value is -1.73. The molecule has 0 saturated carbocycles. The van der Waals surface area contributed by atoms with Gasteiger partial charge in [-0.1, -0.05) is 12.1 Å². The van der Waals surface area contributed by atoms with Crippen molar-refractivity contribution in [2.45, 2.75) is 51.0 Å². The van der Waals surface area contributed by atoms with Crippen LogP contribution < -0.4 is 4.74 Å². The van der Waals surface area contributed by atoms with E-state index in [1.807, 2.05) is 0 Å². The minimum Gasteiger partial charge on any atom is -0.497 e. The van der Waals surface area contributed by atoms with E-state index in [2.05, 4.69) is 0 Å². The summed E-state index contributed by atoms with van der Waals surface area (Å²) in [5, 5.41) is 0. The number of methoxy groups -OCH3 is 1. The van der Waals surface area contributed by atoms with Gasteiger partial charge in [-0.2, -0.15) is 0 Å². The van der Waals surface area contributed by atoms with Crippen molar-refractivity contribution in [2.24, 2.45) is 0 Å². The molecule has 2 amide bonds. The first-order chi connectivity index (χ1) is 11.2. The topological polar surface area (TPSA) is 72.9 Å². The number of rotatable bonds is 5. The second kappa shape index (κ2) is 7.44. The summed E-state index contributed by atoms with van der Waals surface area (Å²) >= 11 is -1.61. The number of hydrogen-bond donors (Lipinski definition) is 0. The summed E-state index contributed by atoms with van der Waals surface area (Å²) in [5.74, 6) is 0.0358. The van der Waals surface area contributed by atoms with E-state index < -0.39 is 27.8 Å².